The number of phenolic OH excluding ortho intramolecular Hbond substituents is 1. The highest BCUT2D eigenvalue weighted by Gasteiger charge is 2.18. The van der Waals surface area contributed by atoms with Crippen molar-refractivity contribution < 1.29 is 32.6 Å². The molecule has 0 atom stereocenters. The van der Waals surface area contributed by atoms with Gasteiger partial charge in [0.2, 0.25) is 0 Å². The van der Waals surface area contributed by atoms with Gasteiger partial charge in [-0.05, 0) is 30.3 Å². The lowest BCUT2D eigenvalue weighted by molar-refractivity contribution is -0.139. The van der Waals surface area contributed by atoms with E-state index in [0.29, 0.717) is 6.07 Å². The lowest BCUT2D eigenvalue weighted by Crippen LogP contribution is -2.14. The normalized spacial score (nSPS) is 11.0. The fourth-order valence-electron chi connectivity index (χ4n) is 1.67. The molecule has 0 aliphatic heterocycles. The molecule has 2 rings (SSSR count). The minimum atomic E-state index is -4.13. The van der Waals surface area contributed by atoms with Gasteiger partial charge in [-0.3, -0.25) is 4.72 Å². The molecule has 0 aliphatic carbocycles. The van der Waals surface area contributed by atoms with Crippen molar-refractivity contribution in [1.29, 1.82) is 0 Å². The molecule has 2 aromatic rings. The first-order valence-electron chi connectivity index (χ1n) is 6.24. The second-order valence-corrected chi connectivity index (χ2v) is 6.08. The molecule has 0 bridgehead atoms. The Labute approximate surface area is 131 Å². The van der Waals surface area contributed by atoms with E-state index in [1.807, 2.05) is 0 Å². The van der Waals surface area contributed by atoms with E-state index in [4.69, 9.17) is 5.11 Å². The van der Waals surface area contributed by atoms with Gasteiger partial charge in [-0.1, -0.05) is 12.1 Å². The number of phenols is 1. The first-order valence-corrected chi connectivity index (χ1v) is 7.73. The number of carbonyl (C=O) groups is 1. The molecule has 0 spiro atoms. The molecule has 0 fully saturated rings. The summed E-state index contributed by atoms with van der Waals surface area (Å²) in [5, 5.41) is 18.0. The van der Waals surface area contributed by atoms with E-state index in [-0.39, 0.29) is 17.2 Å². The number of ether oxygens (including phenoxy) is 1. The van der Waals surface area contributed by atoms with Crippen LogP contribution in [0.5, 0.6) is 11.5 Å². The Morgan fingerprint density at radius 3 is 2.52 bits per heavy atom. The monoisotopic (exact) mass is 341 g/mol. The average Bonchev–Trinajstić information content (AvgIpc) is 2.48. The maximum Gasteiger partial charge on any atom is 0.341 e. The maximum absolute atomic E-state index is 13.8. The number of carboxylic acids is 1. The van der Waals surface area contributed by atoms with Crippen LogP contribution in [0.15, 0.2) is 47.4 Å². The zero-order valence-electron chi connectivity index (χ0n) is 11.6. The molecule has 0 amide bonds. The first-order chi connectivity index (χ1) is 10.8. The van der Waals surface area contributed by atoms with Crippen LogP contribution in [0.1, 0.15) is 0 Å². The fourth-order valence-corrected chi connectivity index (χ4v) is 2.75. The predicted octanol–water partition coefficient (Wildman–Crippen LogP) is 1.80. The van der Waals surface area contributed by atoms with Crippen molar-refractivity contribution in [1.82, 2.24) is 0 Å². The Morgan fingerprint density at radius 1 is 1.22 bits per heavy atom. The lowest BCUT2D eigenvalue weighted by Gasteiger charge is -2.11. The third kappa shape index (κ3) is 4.10. The average molecular weight is 341 g/mol. The van der Waals surface area contributed by atoms with Gasteiger partial charge in [-0.2, -0.15) is 0 Å². The van der Waals surface area contributed by atoms with Crippen LogP contribution >= 0.6 is 0 Å². The summed E-state index contributed by atoms with van der Waals surface area (Å²) >= 11 is 0. The number of aromatic hydroxyl groups is 1. The molecule has 3 N–H and O–H groups in total. The van der Waals surface area contributed by atoms with Gasteiger partial charge in [-0.15, -0.1) is 0 Å². The van der Waals surface area contributed by atoms with Crippen molar-refractivity contribution in [3.8, 4) is 11.5 Å². The molecule has 23 heavy (non-hydrogen) atoms. The van der Waals surface area contributed by atoms with Crippen molar-refractivity contribution in [2.45, 2.75) is 4.90 Å². The summed E-state index contributed by atoms with van der Waals surface area (Å²) in [4.78, 5) is 9.97. The molecule has 0 unspecified atom stereocenters. The Kier molecular flexibility index (Phi) is 4.70. The quantitative estimate of drug-likeness (QED) is 0.691. The largest absolute Gasteiger partial charge is 0.506 e. The lowest BCUT2D eigenvalue weighted by atomic mass is 10.3. The number of aliphatic carboxylic acids is 1. The van der Waals surface area contributed by atoms with Gasteiger partial charge in [0.1, 0.15) is 5.75 Å². The second kappa shape index (κ2) is 6.53. The molecular weight excluding hydrogens is 329 g/mol. The van der Waals surface area contributed by atoms with E-state index >= 15 is 0 Å². The van der Waals surface area contributed by atoms with Gasteiger partial charge >= 0.3 is 5.97 Å². The van der Waals surface area contributed by atoms with E-state index in [0.717, 1.165) is 12.1 Å². The van der Waals surface area contributed by atoms with Crippen molar-refractivity contribution in [3.05, 3.63) is 48.3 Å². The highest BCUT2D eigenvalue weighted by Crippen LogP contribution is 2.26. The van der Waals surface area contributed by atoms with Crippen LogP contribution in [0.3, 0.4) is 0 Å². The van der Waals surface area contributed by atoms with Crippen LogP contribution < -0.4 is 9.46 Å². The Balaban J connectivity index is 2.25. The molecule has 0 saturated carbocycles. The fraction of sp³-hybridized carbons (Fsp3) is 0.0714. The van der Waals surface area contributed by atoms with Crippen molar-refractivity contribution in [2.75, 3.05) is 11.3 Å². The number of para-hydroxylation sites is 2. The number of carboxylic acid groups (broad SMARTS) is 1. The SMILES string of the molecule is O=C(O)COc1ccc(S(=O)(=O)Nc2ccccc2O)cc1F. The molecule has 122 valence electrons. The van der Waals surface area contributed by atoms with Crippen LogP contribution in [-0.2, 0) is 14.8 Å². The van der Waals surface area contributed by atoms with E-state index in [2.05, 4.69) is 9.46 Å². The molecule has 0 aliphatic rings. The third-order valence-corrected chi connectivity index (χ3v) is 4.08. The van der Waals surface area contributed by atoms with E-state index in [1.54, 1.807) is 0 Å². The summed E-state index contributed by atoms with van der Waals surface area (Å²) in [6.07, 6.45) is 0. The second-order valence-electron chi connectivity index (χ2n) is 4.40. The van der Waals surface area contributed by atoms with Crippen LogP contribution in [-0.4, -0.2) is 31.2 Å². The molecular formula is C14H12FNO6S. The Hall–Kier alpha value is -2.81. The first kappa shape index (κ1) is 16.6. The smallest absolute Gasteiger partial charge is 0.341 e. The molecule has 0 saturated heterocycles. The van der Waals surface area contributed by atoms with E-state index < -0.39 is 33.3 Å². The number of halogens is 1. The van der Waals surface area contributed by atoms with Gasteiger partial charge in [0.05, 0.1) is 10.6 Å². The van der Waals surface area contributed by atoms with Crippen LogP contribution in [0.2, 0.25) is 0 Å². The number of sulfonamides is 1. The molecule has 0 heterocycles. The van der Waals surface area contributed by atoms with Gasteiger partial charge in [0.25, 0.3) is 10.0 Å². The van der Waals surface area contributed by atoms with Crippen LogP contribution in [0.4, 0.5) is 10.1 Å². The van der Waals surface area contributed by atoms with Gasteiger partial charge in [-0.25, -0.2) is 17.6 Å². The Morgan fingerprint density at radius 2 is 1.91 bits per heavy atom. The summed E-state index contributed by atoms with van der Waals surface area (Å²) in [5.74, 6) is -2.97. The zero-order chi connectivity index (χ0) is 17.0. The molecule has 7 nitrogen and oxygen atoms in total. The van der Waals surface area contributed by atoms with Crippen molar-refractivity contribution in [3.63, 3.8) is 0 Å². The highest BCUT2D eigenvalue weighted by molar-refractivity contribution is 7.92. The number of benzene rings is 2. The van der Waals surface area contributed by atoms with Crippen molar-refractivity contribution >= 4 is 21.7 Å². The summed E-state index contributed by atoms with van der Waals surface area (Å²) in [7, 11) is -4.13. The number of anilines is 1. The summed E-state index contributed by atoms with van der Waals surface area (Å²) in [6.45, 7) is -0.751. The summed E-state index contributed by atoms with van der Waals surface area (Å²) in [6, 6.07) is 8.43. The van der Waals surface area contributed by atoms with Gasteiger partial charge < -0.3 is 14.9 Å². The number of hydrogen-bond acceptors (Lipinski definition) is 5. The number of nitrogens with one attached hydrogen (secondary N) is 1. The van der Waals surface area contributed by atoms with E-state index in [9.17, 15) is 22.7 Å². The third-order valence-electron chi connectivity index (χ3n) is 2.71. The van der Waals surface area contributed by atoms with Crippen LogP contribution in [0, 0.1) is 5.82 Å². The molecule has 0 aromatic heterocycles. The number of rotatable bonds is 6. The van der Waals surface area contributed by atoms with Crippen LogP contribution in [0.25, 0.3) is 0 Å². The predicted molar refractivity (Wildman–Crippen MR) is 78.4 cm³/mol. The van der Waals surface area contributed by atoms with Crippen molar-refractivity contribution in [2.24, 2.45) is 0 Å². The summed E-state index contributed by atoms with van der Waals surface area (Å²) < 4.78 is 44.9. The minimum Gasteiger partial charge on any atom is -0.506 e. The Bertz CT molecular complexity index is 837. The highest BCUT2D eigenvalue weighted by atomic mass is 32.2. The zero-order valence-corrected chi connectivity index (χ0v) is 12.4. The topological polar surface area (TPSA) is 113 Å². The van der Waals surface area contributed by atoms with Gasteiger partial charge in [0.15, 0.2) is 18.2 Å². The molecule has 0 radical (unpaired) electrons. The maximum atomic E-state index is 13.8. The molecule has 9 heteroatoms. The molecule has 2 aromatic carbocycles. The van der Waals surface area contributed by atoms with Gasteiger partial charge in [0, 0.05) is 0 Å². The van der Waals surface area contributed by atoms with E-state index in [1.165, 1.54) is 24.3 Å². The summed E-state index contributed by atoms with van der Waals surface area (Å²) in [5.41, 5.74) is -0.0564. The number of hydrogen-bond donors (Lipinski definition) is 3. The minimum absolute atomic E-state index is 0.0564. The standard InChI is InChI=1S/C14H12FNO6S/c15-10-7-9(5-6-13(10)22-8-14(18)19)23(20,21)16-11-3-1-2-4-12(11)17/h1-7,16-17H,8H2,(H,18,19).